The van der Waals surface area contributed by atoms with E-state index in [1.807, 2.05) is 0 Å². The molecule has 0 unspecified atom stereocenters. The van der Waals surface area contributed by atoms with Crippen LogP contribution in [-0.4, -0.2) is 0 Å². The van der Waals surface area contributed by atoms with E-state index in [0.29, 0.717) is 5.41 Å². The Bertz CT molecular complexity index is 164. The quantitative estimate of drug-likeness (QED) is 0.444. The fourth-order valence-electron chi connectivity index (χ4n) is 1.64. The first-order valence-corrected chi connectivity index (χ1v) is 3.16. The van der Waals surface area contributed by atoms with Gasteiger partial charge in [0.15, 0.2) is 0 Å². The van der Waals surface area contributed by atoms with Gasteiger partial charge in [-0.05, 0) is 18.3 Å². The summed E-state index contributed by atoms with van der Waals surface area (Å²) in [6.45, 7) is 2.32. The minimum atomic E-state index is 0.573. The second-order valence-electron chi connectivity index (χ2n) is 3.19. The third-order valence-electron chi connectivity index (χ3n) is 2.09. The van der Waals surface area contributed by atoms with Crippen molar-refractivity contribution in [3.8, 4) is 0 Å². The van der Waals surface area contributed by atoms with Crippen molar-refractivity contribution in [2.75, 3.05) is 0 Å². The SMILES string of the molecule is CC12C=CC=C(C1)C2. The van der Waals surface area contributed by atoms with Gasteiger partial charge in [0.25, 0.3) is 0 Å². The van der Waals surface area contributed by atoms with E-state index < -0.39 is 0 Å². The molecule has 42 valence electrons. The molecule has 0 saturated heterocycles. The molecule has 0 N–H and O–H groups in total. The Labute approximate surface area is 49.9 Å². The van der Waals surface area contributed by atoms with E-state index in [-0.39, 0.29) is 0 Å². The van der Waals surface area contributed by atoms with Gasteiger partial charge in [-0.1, -0.05) is 30.7 Å². The topological polar surface area (TPSA) is 0 Å². The Balaban J connectivity index is 2.37. The molecule has 0 atom stereocenters. The average Bonchev–Trinajstić information content (AvgIpc) is 1.63. The van der Waals surface area contributed by atoms with Gasteiger partial charge in [0.05, 0.1) is 0 Å². The van der Waals surface area contributed by atoms with Gasteiger partial charge < -0.3 is 0 Å². The molecule has 0 aromatic rings. The summed E-state index contributed by atoms with van der Waals surface area (Å²) in [5.74, 6) is 0. The molecule has 0 aliphatic heterocycles. The highest BCUT2D eigenvalue weighted by Crippen LogP contribution is 2.48. The summed E-state index contributed by atoms with van der Waals surface area (Å²) < 4.78 is 0. The lowest BCUT2D eigenvalue weighted by Crippen LogP contribution is -2.27. The molecule has 0 aromatic carbocycles. The number of hydrogen-bond donors (Lipinski definition) is 0. The lowest BCUT2D eigenvalue weighted by atomic mass is 9.64. The zero-order valence-corrected chi connectivity index (χ0v) is 5.15. The van der Waals surface area contributed by atoms with Gasteiger partial charge in [-0.2, -0.15) is 0 Å². The first-order valence-electron chi connectivity index (χ1n) is 3.16. The minimum Gasteiger partial charge on any atom is -0.0779 e. The van der Waals surface area contributed by atoms with E-state index in [4.69, 9.17) is 0 Å². The zero-order chi connectivity index (χ0) is 5.61. The molecule has 0 aromatic heterocycles. The summed E-state index contributed by atoms with van der Waals surface area (Å²) in [7, 11) is 0. The standard InChI is InChI=1S/C8H10/c1-8-4-2-3-7(5-8)6-8/h2-4H,5-6H2,1H3. The molecule has 0 nitrogen and oxygen atoms in total. The van der Waals surface area contributed by atoms with Crippen molar-refractivity contribution < 1.29 is 0 Å². The summed E-state index contributed by atoms with van der Waals surface area (Å²) in [6, 6.07) is 0. The smallest absolute Gasteiger partial charge is 0.00690 e. The van der Waals surface area contributed by atoms with E-state index in [9.17, 15) is 0 Å². The Kier molecular flexibility index (Phi) is 0.585. The molecular formula is C8H10. The van der Waals surface area contributed by atoms with Crippen molar-refractivity contribution in [3.63, 3.8) is 0 Å². The van der Waals surface area contributed by atoms with E-state index in [0.717, 1.165) is 0 Å². The van der Waals surface area contributed by atoms with Gasteiger partial charge in [-0.25, -0.2) is 0 Å². The second kappa shape index (κ2) is 1.07. The van der Waals surface area contributed by atoms with Crippen molar-refractivity contribution in [1.82, 2.24) is 0 Å². The van der Waals surface area contributed by atoms with Crippen molar-refractivity contribution in [2.24, 2.45) is 5.41 Å². The molecule has 1 saturated carbocycles. The van der Waals surface area contributed by atoms with Crippen molar-refractivity contribution in [1.29, 1.82) is 0 Å². The molecule has 3 aliphatic rings. The highest BCUT2D eigenvalue weighted by Gasteiger charge is 2.34. The van der Waals surface area contributed by atoms with Gasteiger partial charge in [0, 0.05) is 0 Å². The summed E-state index contributed by atoms with van der Waals surface area (Å²) >= 11 is 0. The lowest BCUT2D eigenvalue weighted by molar-refractivity contribution is 0.318. The molecule has 0 spiro atoms. The lowest BCUT2D eigenvalue weighted by Gasteiger charge is -2.40. The third kappa shape index (κ3) is 0.405. The van der Waals surface area contributed by atoms with E-state index in [2.05, 4.69) is 25.2 Å². The van der Waals surface area contributed by atoms with Crippen LogP contribution in [0.1, 0.15) is 19.8 Å². The van der Waals surface area contributed by atoms with Gasteiger partial charge >= 0.3 is 0 Å². The maximum Gasteiger partial charge on any atom is -0.00690 e. The van der Waals surface area contributed by atoms with Crippen LogP contribution in [0.25, 0.3) is 0 Å². The largest absolute Gasteiger partial charge is 0.0779 e. The summed E-state index contributed by atoms with van der Waals surface area (Å²) in [5, 5.41) is 0. The molecule has 3 aliphatic carbocycles. The Morgan fingerprint density at radius 2 is 2.25 bits per heavy atom. The summed E-state index contributed by atoms with van der Waals surface area (Å²) in [4.78, 5) is 0. The molecule has 2 bridgehead atoms. The molecule has 0 amide bonds. The normalized spacial score (nSPS) is 28.9. The number of fused-ring (bicyclic) bond motifs is 1. The predicted octanol–water partition coefficient (Wildman–Crippen LogP) is 2.28. The summed E-state index contributed by atoms with van der Waals surface area (Å²) in [5.41, 5.74) is 2.21. The van der Waals surface area contributed by atoms with E-state index in [1.165, 1.54) is 12.8 Å². The highest BCUT2D eigenvalue weighted by atomic mass is 14.4. The van der Waals surface area contributed by atoms with Crippen molar-refractivity contribution in [2.45, 2.75) is 19.8 Å². The molecule has 3 rings (SSSR count). The Hall–Kier alpha value is -0.520. The van der Waals surface area contributed by atoms with Gasteiger partial charge in [-0.15, -0.1) is 0 Å². The first kappa shape index (κ1) is 4.37. The van der Waals surface area contributed by atoms with Crippen LogP contribution in [0.4, 0.5) is 0 Å². The van der Waals surface area contributed by atoms with Crippen molar-refractivity contribution in [3.05, 3.63) is 23.8 Å². The van der Waals surface area contributed by atoms with Crippen LogP contribution in [0, 0.1) is 5.41 Å². The van der Waals surface area contributed by atoms with Crippen LogP contribution in [0.3, 0.4) is 0 Å². The number of hydrogen-bond acceptors (Lipinski definition) is 0. The van der Waals surface area contributed by atoms with Crippen LogP contribution < -0.4 is 0 Å². The average molecular weight is 106 g/mol. The third-order valence-corrected chi connectivity index (χ3v) is 2.09. The number of rotatable bonds is 0. The maximum absolute atomic E-state index is 2.32. The van der Waals surface area contributed by atoms with Gasteiger partial charge in [-0.3, -0.25) is 0 Å². The van der Waals surface area contributed by atoms with Crippen LogP contribution in [0.2, 0.25) is 0 Å². The monoisotopic (exact) mass is 106 g/mol. The first-order chi connectivity index (χ1) is 3.79. The fraction of sp³-hybridized carbons (Fsp3) is 0.500. The van der Waals surface area contributed by atoms with Crippen LogP contribution in [-0.2, 0) is 0 Å². The highest BCUT2D eigenvalue weighted by molar-refractivity contribution is 5.33. The maximum atomic E-state index is 2.32. The fourth-order valence-corrected chi connectivity index (χ4v) is 1.64. The summed E-state index contributed by atoms with van der Waals surface area (Å²) in [6.07, 6.45) is 9.39. The second-order valence-corrected chi connectivity index (χ2v) is 3.19. The molecule has 8 heavy (non-hydrogen) atoms. The molecule has 0 heteroatoms. The Morgan fingerprint density at radius 3 is 2.50 bits per heavy atom. The molecular weight excluding hydrogens is 96.1 g/mol. The van der Waals surface area contributed by atoms with E-state index >= 15 is 0 Å². The predicted molar refractivity (Wildman–Crippen MR) is 34.6 cm³/mol. The van der Waals surface area contributed by atoms with E-state index in [1.54, 1.807) is 5.57 Å². The molecule has 1 fully saturated rings. The number of allylic oxidation sites excluding steroid dienone is 4. The van der Waals surface area contributed by atoms with Crippen LogP contribution in [0.15, 0.2) is 23.8 Å². The minimum absolute atomic E-state index is 0.573. The van der Waals surface area contributed by atoms with Crippen molar-refractivity contribution >= 4 is 0 Å². The molecule has 0 heterocycles. The van der Waals surface area contributed by atoms with Crippen LogP contribution in [0.5, 0.6) is 0 Å². The van der Waals surface area contributed by atoms with Gasteiger partial charge in [0.1, 0.15) is 0 Å². The Morgan fingerprint density at radius 1 is 1.50 bits per heavy atom. The zero-order valence-electron chi connectivity index (χ0n) is 5.15. The van der Waals surface area contributed by atoms with Crippen LogP contribution >= 0.6 is 0 Å². The van der Waals surface area contributed by atoms with Gasteiger partial charge in [0.2, 0.25) is 0 Å². The molecule has 0 radical (unpaired) electrons.